The molecule has 2 amide bonds. The topological polar surface area (TPSA) is 58.6 Å². The third-order valence-corrected chi connectivity index (χ3v) is 4.78. The molecule has 2 aromatic carbocycles. The zero-order chi connectivity index (χ0) is 21.2. The number of methoxy groups -OCH3 is 1. The van der Waals surface area contributed by atoms with Gasteiger partial charge in [-0.25, -0.2) is 4.39 Å². The number of carbonyl (C=O) groups excluding carboxylic acids is 2. The summed E-state index contributed by atoms with van der Waals surface area (Å²) < 4.78 is 19.3. The van der Waals surface area contributed by atoms with Crippen molar-refractivity contribution in [3.63, 3.8) is 0 Å². The van der Waals surface area contributed by atoms with Crippen molar-refractivity contribution in [1.29, 1.82) is 0 Å². The second-order valence-corrected chi connectivity index (χ2v) is 6.96. The Bertz CT molecular complexity index is 825. The predicted octanol–water partition coefficient (Wildman–Crippen LogP) is 3.71. The van der Waals surface area contributed by atoms with Crippen molar-refractivity contribution in [2.24, 2.45) is 0 Å². The van der Waals surface area contributed by atoms with E-state index in [0.717, 1.165) is 18.4 Å². The summed E-state index contributed by atoms with van der Waals surface area (Å²) >= 11 is 0. The van der Waals surface area contributed by atoms with Crippen molar-refractivity contribution in [3.05, 3.63) is 65.5 Å². The first-order valence-electron chi connectivity index (χ1n) is 9.89. The first kappa shape index (κ1) is 22.4. The average Bonchev–Trinajstić information content (AvgIpc) is 2.73. The van der Waals surface area contributed by atoms with Crippen LogP contribution in [0, 0.1) is 5.82 Å². The summed E-state index contributed by atoms with van der Waals surface area (Å²) in [5.74, 6) is -0.287. The molecule has 0 heterocycles. The highest BCUT2D eigenvalue weighted by molar-refractivity contribution is 5.88. The number of unbranched alkanes of at least 4 members (excludes halogenated alkanes) is 1. The molecule has 0 saturated heterocycles. The number of nitrogens with zero attached hydrogens (tertiary/aromatic N) is 1. The van der Waals surface area contributed by atoms with Gasteiger partial charge in [0, 0.05) is 13.1 Å². The van der Waals surface area contributed by atoms with Gasteiger partial charge in [0.05, 0.1) is 13.5 Å². The van der Waals surface area contributed by atoms with Crippen LogP contribution < -0.4 is 10.1 Å². The lowest BCUT2D eigenvalue weighted by Crippen LogP contribution is -2.48. The standard InChI is InChI=1S/C23H29FN2O3/c1-4-5-13-25-23(28)17(2)26(16-18-9-8-11-20(14-18)29-3)22(27)15-19-10-6-7-12-21(19)24/h6-12,14,17H,4-5,13,15-16H2,1-3H3,(H,25,28)/t17-/m1/s1. The van der Waals surface area contributed by atoms with Crippen molar-refractivity contribution in [3.8, 4) is 5.75 Å². The molecule has 0 unspecified atom stereocenters. The smallest absolute Gasteiger partial charge is 0.242 e. The van der Waals surface area contributed by atoms with Gasteiger partial charge in [-0.2, -0.15) is 0 Å². The Hall–Kier alpha value is -2.89. The van der Waals surface area contributed by atoms with Crippen LogP contribution in [0.5, 0.6) is 5.75 Å². The highest BCUT2D eigenvalue weighted by atomic mass is 19.1. The number of hydrogen-bond acceptors (Lipinski definition) is 3. The van der Waals surface area contributed by atoms with Gasteiger partial charge >= 0.3 is 0 Å². The van der Waals surface area contributed by atoms with Crippen molar-refractivity contribution in [2.75, 3.05) is 13.7 Å². The zero-order valence-electron chi connectivity index (χ0n) is 17.3. The molecule has 0 aliphatic heterocycles. The van der Waals surface area contributed by atoms with Crippen LogP contribution in [-0.2, 0) is 22.6 Å². The van der Waals surface area contributed by atoms with E-state index in [4.69, 9.17) is 4.74 Å². The van der Waals surface area contributed by atoms with Crippen LogP contribution in [0.25, 0.3) is 0 Å². The van der Waals surface area contributed by atoms with Gasteiger partial charge < -0.3 is 15.0 Å². The van der Waals surface area contributed by atoms with Crippen LogP contribution >= 0.6 is 0 Å². The number of carbonyl (C=O) groups is 2. The minimum atomic E-state index is -0.683. The molecule has 1 N–H and O–H groups in total. The Balaban J connectivity index is 2.22. The third kappa shape index (κ3) is 6.59. The molecule has 2 aromatic rings. The number of nitrogens with one attached hydrogen (secondary N) is 1. The molecule has 0 aliphatic rings. The Morgan fingerprint density at radius 3 is 2.62 bits per heavy atom. The van der Waals surface area contributed by atoms with Gasteiger partial charge in [-0.05, 0) is 42.7 Å². The summed E-state index contributed by atoms with van der Waals surface area (Å²) in [6, 6.07) is 12.9. The third-order valence-electron chi connectivity index (χ3n) is 4.78. The number of benzene rings is 2. The monoisotopic (exact) mass is 400 g/mol. The molecule has 0 fully saturated rings. The average molecular weight is 400 g/mol. The largest absolute Gasteiger partial charge is 0.497 e. The van der Waals surface area contributed by atoms with E-state index in [1.807, 2.05) is 31.2 Å². The molecule has 1 atom stereocenters. The molecule has 2 rings (SSSR count). The lowest BCUT2D eigenvalue weighted by atomic mass is 10.1. The number of hydrogen-bond donors (Lipinski definition) is 1. The van der Waals surface area contributed by atoms with Crippen molar-refractivity contribution < 1.29 is 18.7 Å². The van der Waals surface area contributed by atoms with E-state index in [1.165, 1.54) is 11.0 Å². The number of rotatable bonds is 10. The zero-order valence-corrected chi connectivity index (χ0v) is 17.3. The predicted molar refractivity (Wildman–Crippen MR) is 111 cm³/mol. The maximum Gasteiger partial charge on any atom is 0.242 e. The molecular formula is C23H29FN2O3. The minimum absolute atomic E-state index is 0.108. The van der Waals surface area contributed by atoms with Crippen LogP contribution in [0.3, 0.4) is 0 Å². The number of amides is 2. The lowest BCUT2D eigenvalue weighted by molar-refractivity contribution is -0.140. The van der Waals surface area contributed by atoms with Gasteiger partial charge in [-0.1, -0.05) is 43.7 Å². The van der Waals surface area contributed by atoms with Crippen molar-refractivity contribution in [2.45, 2.75) is 45.7 Å². The van der Waals surface area contributed by atoms with Crippen molar-refractivity contribution >= 4 is 11.8 Å². The maximum absolute atomic E-state index is 14.0. The molecule has 0 spiro atoms. The molecule has 0 radical (unpaired) electrons. The number of halogens is 1. The molecule has 5 nitrogen and oxygen atoms in total. The van der Waals surface area contributed by atoms with Gasteiger partial charge in [0.25, 0.3) is 0 Å². The van der Waals surface area contributed by atoms with Crippen LogP contribution in [-0.4, -0.2) is 36.4 Å². The fourth-order valence-electron chi connectivity index (χ4n) is 2.99. The molecule has 0 saturated carbocycles. The Morgan fingerprint density at radius 1 is 1.17 bits per heavy atom. The van der Waals surface area contributed by atoms with Gasteiger partial charge in [0.15, 0.2) is 0 Å². The summed E-state index contributed by atoms with van der Waals surface area (Å²) in [6.45, 7) is 4.53. The first-order chi connectivity index (χ1) is 14.0. The molecule has 29 heavy (non-hydrogen) atoms. The van der Waals surface area contributed by atoms with E-state index in [0.29, 0.717) is 17.9 Å². The summed E-state index contributed by atoms with van der Waals surface area (Å²) in [5.41, 5.74) is 1.14. The summed E-state index contributed by atoms with van der Waals surface area (Å²) in [6.07, 6.45) is 1.73. The fraction of sp³-hybridized carbons (Fsp3) is 0.391. The second kappa shape index (κ2) is 11.2. The molecule has 0 aliphatic carbocycles. The van der Waals surface area contributed by atoms with Crippen molar-refractivity contribution in [1.82, 2.24) is 10.2 Å². The van der Waals surface area contributed by atoms with Gasteiger partial charge in [0.1, 0.15) is 17.6 Å². The number of ether oxygens (including phenoxy) is 1. The molecule has 156 valence electrons. The fourth-order valence-corrected chi connectivity index (χ4v) is 2.99. The van der Waals surface area contributed by atoms with Gasteiger partial charge in [-0.15, -0.1) is 0 Å². The molecule has 0 bridgehead atoms. The normalized spacial score (nSPS) is 11.6. The highest BCUT2D eigenvalue weighted by Gasteiger charge is 2.26. The first-order valence-corrected chi connectivity index (χ1v) is 9.89. The van der Waals surface area contributed by atoms with E-state index in [2.05, 4.69) is 5.32 Å². The van der Waals surface area contributed by atoms with E-state index in [1.54, 1.807) is 32.2 Å². The summed E-state index contributed by atoms with van der Waals surface area (Å²) in [7, 11) is 1.57. The van der Waals surface area contributed by atoms with Gasteiger partial charge in [0.2, 0.25) is 11.8 Å². The summed E-state index contributed by atoms with van der Waals surface area (Å²) in [5, 5.41) is 2.87. The van der Waals surface area contributed by atoms with E-state index in [9.17, 15) is 14.0 Å². The van der Waals surface area contributed by atoms with Crippen LogP contribution in [0.2, 0.25) is 0 Å². The van der Waals surface area contributed by atoms with E-state index in [-0.39, 0.29) is 24.8 Å². The quantitative estimate of drug-likeness (QED) is 0.619. The Morgan fingerprint density at radius 2 is 1.93 bits per heavy atom. The van der Waals surface area contributed by atoms with Gasteiger partial charge in [-0.3, -0.25) is 9.59 Å². The van der Waals surface area contributed by atoms with Crippen LogP contribution in [0.4, 0.5) is 4.39 Å². The highest BCUT2D eigenvalue weighted by Crippen LogP contribution is 2.18. The van der Waals surface area contributed by atoms with E-state index >= 15 is 0 Å². The Labute approximate surface area is 171 Å². The molecular weight excluding hydrogens is 371 g/mol. The van der Waals surface area contributed by atoms with E-state index < -0.39 is 11.9 Å². The minimum Gasteiger partial charge on any atom is -0.497 e. The molecule has 0 aromatic heterocycles. The SMILES string of the molecule is CCCCNC(=O)[C@@H](C)N(Cc1cccc(OC)c1)C(=O)Cc1ccccc1F. The second-order valence-electron chi connectivity index (χ2n) is 6.96. The Kier molecular flexibility index (Phi) is 8.65. The maximum atomic E-state index is 14.0. The lowest BCUT2D eigenvalue weighted by Gasteiger charge is -2.29. The van der Waals surface area contributed by atoms with Crippen LogP contribution in [0.1, 0.15) is 37.8 Å². The molecule has 6 heteroatoms. The van der Waals surface area contributed by atoms with Crippen LogP contribution in [0.15, 0.2) is 48.5 Å². The summed E-state index contributed by atoms with van der Waals surface area (Å²) in [4.78, 5) is 27.1.